The number of rotatable bonds is 17. The lowest BCUT2D eigenvalue weighted by Crippen LogP contribution is -2.78. The van der Waals surface area contributed by atoms with Crippen LogP contribution in [0, 0.1) is 0 Å². The van der Waals surface area contributed by atoms with Crippen molar-refractivity contribution in [1.29, 1.82) is 0 Å². The van der Waals surface area contributed by atoms with Crippen molar-refractivity contribution < 1.29 is 164 Å². The van der Waals surface area contributed by atoms with Gasteiger partial charge in [-0.3, -0.25) is 0 Å². The summed E-state index contributed by atoms with van der Waals surface area (Å²) in [5.74, 6) is -118. The molecule has 1 N–H and O–H groups in total. The van der Waals surface area contributed by atoms with E-state index in [1.165, 1.54) is 0 Å². The fourth-order valence-electron chi connectivity index (χ4n) is 2.70. The second kappa shape index (κ2) is 12.5. The number of halogens is 33. The third-order valence-electron chi connectivity index (χ3n) is 5.79. The van der Waals surface area contributed by atoms with E-state index < -0.39 is 102 Å². The fraction of sp³-hybridized carbons (Fsp3) is 0.941. The quantitative estimate of drug-likeness (QED) is 0.117. The molecule has 0 fully saturated rings. The molecule has 0 aromatic rings. The Morgan fingerprint density at radius 1 is 0.296 bits per heavy atom. The molecule has 0 spiro atoms. The Morgan fingerprint density at radius 3 is 0.685 bits per heavy atom. The van der Waals surface area contributed by atoms with Crippen LogP contribution in [-0.2, 0) is 14.3 Å². The van der Waals surface area contributed by atoms with Gasteiger partial charge in [-0.1, -0.05) is 0 Å². The van der Waals surface area contributed by atoms with E-state index in [-0.39, 0.29) is 0 Å². The second-order valence-corrected chi connectivity index (χ2v) is 9.40. The molecule has 0 heterocycles. The molecule has 0 aliphatic rings. The van der Waals surface area contributed by atoms with E-state index in [4.69, 9.17) is 5.11 Å². The largest absolute Gasteiger partial charge is 0.495 e. The van der Waals surface area contributed by atoms with Crippen molar-refractivity contribution in [2.24, 2.45) is 0 Å². The van der Waals surface area contributed by atoms with Crippen LogP contribution >= 0.6 is 0 Å². The van der Waals surface area contributed by atoms with Crippen LogP contribution in [0.1, 0.15) is 0 Å². The van der Waals surface area contributed by atoms with Crippen molar-refractivity contribution in [3.05, 3.63) is 0 Å². The van der Waals surface area contributed by atoms with Gasteiger partial charge in [0.1, 0.15) is 0 Å². The molecule has 0 amide bonds. The van der Waals surface area contributed by atoms with Gasteiger partial charge in [-0.05, 0) is 0 Å². The molecule has 0 bridgehead atoms. The highest BCUT2D eigenvalue weighted by molar-refractivity contribution is 5.77. The van der Waals surface area contributed by atoms with Crippen molar-refractivity contribution in [2.45, 2.75) is 95.8 Å². The molecule has 0 radical (unpaired) electrons. The highest BCUT2D eigenvalue weighted by atomic mass is 19.4. The van der Waals surface area contributed by atoms with E-state index in [0.29, 0.717) is 0 Å². The average molecular weight is 896 g/mol. The summed E-state index contributed by atoms with van der Waals surface area (Å²) in [5, 5.41) is 7.67. The molecule has 4 nitrogen and oxygen atoms in total. The molecule has 0 aliphatic carbocycles. The maximum Gasteiger partial charge on any atom is 0.495 e. The van der Waals surface area contributed by atoms with Crippen LogP contribution in [0.15, 0.2) is 0 Å². The van der Waals surface area contributed by atoms with Crippen molar-refractivity contribution >= 4 is 5.97 Å². The topological polar surface area (TPSA) is 55.8 Å². The van der Waals surface area contributed by atoms with Gasteiger partial charge in [0, 0.05) is 0 Å². The fourth-order valence-corrected chi connectivity index (χ4v) is 2.70. The third-order valence-corrected chi connectivity index (χ3v) is 5.79. The van der Waals surface area contributed by atoms with E-state index in [1.807, 2.05) is 0 Å². The molecule has 0 aromatic heterocycles. The first kappa shape index (κ1) is 51.1. The Morgan fingerprint density at radius 2 is 0.481 bits per heavy atom. The lowest BCUT2D eigenvalue weighted by Gasteiger charge is -2.45. The van der Waals surface area contributed by atoms with E-state index in [9.17, 15) is 150 Å². The Bertz CT molecular complexity index is 1390. The van der Waals surface area contributed by atoms with Gasteiger partial charge in [-0.25, -0.2) is 14.3 Å². The molecule has 0 saturated carbocycles. The first-order valence-corrected chi connectivity index (χ1v) is 11.0. The van der Waals surface area contributed by atoms with Crippen LogP contribution in [-0.4, -0.2) is 107 Å². The normalized spacial score (nSPS) is 16.9. The SMILES string of the molecule is O=C(O)C(F)(F)C(F)(F)C(F)(F)C(F)(F)C(F)(F)C(F)(F)C(F)(F)C(F)(F)C(F)(F)C(F)(F)C(F)(F)C(F)(F)OC(F)(F)OC(F)(F)C(F)(F)C(F)(F)F. The van der Waals surface area contributed by atoms with Crippen LogP contribution < -0.4 is 0 Å². The molecule has 37 heteroatoms. The number of hydrogen-bond acceptors (Lipinski definition) is 3. The van der Waals surface area contributed by atoms with Crippen LogP contribution in [0.2, 0.25) is 0 Å². The highest BCUT2D eigenvalue weighted by Gasteiger charge is 3.00. The Kier molecular flexibility index (Phi) is 11.9. The van der Waals surface area contributed by atoms with Gasteiger partial charge in [0.05, 0.1) is 0 Å². The maximum atomic E-state index is 13.8. The summed E-state index contributed by atoms with van der Waals surface area (Å²) in [4.78, 5) is 9.95. The zero-order valence-electron chi connectivity index (χ0n) is 22.6. The zero-order chi connectivity index (χ0) is 45.0. The predicted molar refractivity (Wildman–Crippen MR) is 90.1 cm³/mol. The molecule has 0 aromatic carbocycles. The summed E-state index contributed by atoms with van der Waals surface area (Å²) >= 11 is 0. The Balaban J connectivity index is 7.38. The van der Waals surface area contributed by atoms with Gasteiger partial charge in [-0.2, -0.15) is 136 Å². The van der Waals surface area contributed by atoms with Crippen molar-refractivity contribution in [3.63, 3.8) is 0 Å². The number of hydrogen-bond donors (Lipinski definition) is 1. The number of carboxylic acid groups (broad SMARTS) is 1. The summed E-state index contributed by atoms with van der Waals surface area (Å²) in [6, 6.07) is 0. The molecule has 54 heavy (non-hydrogen) atoms. The number of aliphatic carboxylic acids is 1. The smallest absolute Gasteiger partial charge is 0.477 e. The average Bonchev–Trinajstić information content (AvgIpc) is 2.89. The first-order chi connectivity index (χ1) is 22.6. The van der Waals surface area contributed by atoms with Crippen LogP contribution in [0.5, 0.6) is 0 Å². The second-order valence-electron chi connectivity index (χ2n) is 9.40. The van der Waals surface area contributed by atoms with E-state index in [2.05, 4.69) is 0 Å². The highest BCUT2D eigenvalue weighted by Crippen LogP contribution is 2.68. The molecular formula is C17HF33O4. The first-order valence-electron chi connectivity index (χ1n) is 11.0. The maximum absolute atomic E-state index is 13.8. The molecule has 0 atom stereocenters. The zero-order valence-corrected chi connectivity index (χ0v) is 22.6. The molecule has 0 rings (SSSR count). The minimum atomic E-state index is -10.1. The lowest BCUT2D eigenvalue weighted by molar-refractivity contribution is -0.569. The van der Waals surface area contributed by atoms with Crippen molar-refractivity contribution in [1.82, 2.24) is 0 Å². The molecular weight excluding hydrogens is 895 g/mol. The van der Waals surface area contributed by atoms with Crippen molar-refractivity contribution in [2.75, 3.05) is 0 Å². The van der Waals surface area contributed by atoms with Gasteiger partial charge in [0.15, 0.2) is 0 Å². The van der Waals surface area contributed by atoms with Gasteiger partial charge in [-0.15, -0.1) is 8.78 Å². The van der Waals surface area contributed by atoms with Gasteiger partial charge in [0.2, 0.25) is 0 Å². The van der Waals surface area contributed by atoms with Crippen LogP contribution in [0.4, 0.5) is 145 Å². The van der Waals surface area contributed by atoms with Gasteiger partial charge < -0.3 is 5.11 Å². The summed E-state index contributed by atoms with van der Waals surface area (Å²) < 4.78 is 440. The summed E-state index contributed by atoms with van der Waals surface area (Å²) in [6.07, 6.45) is -33.2. The number of carboxylic acids is 1. The molecule has 0 saturated heterocycles. The summed E-state index contributed by atoms with van der Waals surface area (Å²) in [5.41, 5.74) is 0. The Hall–Kier alpha value is -2.92. The lowest BCUT2D eigenvalue weighted by atomic mass is 9.84. The van der Waals surface area contributed by atoms with E-state index in [0.717, 1.165) is 9.47 Å². The van der Waals surface area contributed by atoms with Crippen LogP contribution in [0.25, 0.3) is 0 Å². The summed E-state index contributed by atoms with van der Waals surface area (Å²) in [6.45, 7) is 0. The molecule has 0 unspecified atom stereocenters. The number of alkyl halides is 33. The van der Waals surface area contributed by atoms with Gasteiger partial charge in [0.25, 0.3) is 0 Å². The molecule has 324 valence electrons. The minimum absolute atomic E-state index is 0.803. The standard InChI is InChI=1S/C17HF33O4/c18-2(19,1(51)52)3(20,21)4(22,23)5(24,25)6(26,27)7(28,29)8(30,31)9(32,33)10(34,35)11(36,37)12(38,39)15(45,46)53-17(49,50)54-16(47,48)13(40,41)14(42,43)44/h(H,51,52). The third kappa shape index (κ3) is 6.50. The Labute approximate surface area is 267 Å². The monoisotopic (exact) mass is 896 g/mol. The molecule has 0 aliphatic heterocycles. The van der Waals surface area contributed by atoms with Crippen molar-refractivity contribution in [3.8, 4) is 0 Å². The predicted octanol–water partition coefficient (Wildman–Crippen LogP) is 10.0. The number of ether oxygens (including phenoxy) is 2. The summed E-state index contributed by atoms with van der Waals surface area (Å²) in [7, 11) is 0. The van der Waals surface area contributed by atoms with Crippen LogP contribution in [0.3, 0.4) is 0 Å². The van der Waals surface area contributed by atoms with E-state index >= 15 is 0 Å². The van der Waals surface area contributed by atoms with Gasteiger partial charge >= 0.3 is 102 Å². The van der Waals surface area contributed by atoms with E-state index in [1.54, 1.807) is 0 Å². The minimum Gasteiger partial charge on any atom is -0.477 e. The number of carbonyl (C=O) groups is 1.